The van der Waals surface area contributed by atoms with Crippen LogP contribution in [0, 0.1) is 5.92 Å². The topological polar surface area (TPSA) is 91.7 Å². The van der Waals surface area contributed by atoms with E-state index in [0.717, 1.165) is 4.90 Å². The number of amides is 2. The summed E-state index contributed by atoms with van der Waals surface area (Å²) in [7, 11) is 0. The van der Waals surface area contributed by atoms with Crippen LogP contribution in [0.15, 0.2) is 17.2 Å². The van der Waals surface area contributed by atoms with E-state index in [4.69, 9.17) is 23.2 Å². The van der Waals surface area contributed by atoms with E-state index in [1.54, 1.807) is 6.92 Å². The minimum absolute atomic E-state index is 0.0732. The van der Waals surface area contributed by atoms with Crippen molar-refractivity contribution in [1.29, 1.82) is 0 Å². The Morgan fingerprint density at radius 2 is 2.05 bits per heavy atom. The predicted octanol–water partition coefficient (Wildman–Crippen LogP) is 0.904. The molecule has 0 unspecified atom stereocenters. The van der Waals surface area contributed by atoms with Gasteiger partial charge in [-0.2, -0.15) is 5.10 Å². The summed E-state index contributed by atoms with van der Waals surface area (Å²) < 4.78 is 0. The number of pyridine rings is 1. The number of carbonyl (C=O) groups is 3. The maximum Gasteiger partial charge on any atom is 0.254 e. The summed E-state index contributed by atoms with van der Waals surface area (Å²) in [5.41, 5.74) is 2.38. The Morgan fingerprint density at radius 1 is 1.32 bits per heavy atom. The molecule has 0 radical (unpaired) electrons. The molecule has 3 heterocycles. The van der Waals surface area contributed by atoms with Crippen LogP contribution >= 0.6 is 23.2 Å². The maximum absolute atomic E-state index is 12.6. The van der Waals surface area contributed by atoms with Crippen molar-refractivity contribution in [3.63, 3.8) is 0 Å². The van der Waals surface area contributed by atoms with Crippen molar-refractivity contribution in [3.8, 4) is 0 Å². The lowest BCUT2D eigenvalue weighted by Crippen LogP contribution is -2.36. The van der Waals surface area contributed by atoms with E-state index in [0.29, 0.717) is 0 Å². The zero-order valence-corrected chi connectivity index (χ0v) is 12.9. The van der Waals surface area contributed by atoms with Crippen LogP contribution in [-0.2, 0) is 9.59 Å². The first kappa shape index (κ1) is 14.9. The van der Waals surface area contributed by atoms with E-state index in [-0.39, 0.29) is 28.1 Å². The van der Waals surface area contributed by atoms with Gasteiger partial charge in [0.25, 0.3) is 5.91 Å². The minimum Gasteiger partial charge on any atom is -0.296 e. The number of aromatic nitrogens is 1. The van der Waals surface area contributed by atoms with Crippen LogP contribution < -0.4 is 5.43 Å². The number of ketones is 1. The van der Waals surface area contributed by atoms with E-state index >= 15 is 0 Å². The van der Waals surface area contributed by atoms with Crippen molar-refractivity contribution in [2.75, 3.05) is 6.54 Å². The molecule has 3 rings (SSSR count). The molecule has 2 amide bonds. The van der Waals surface area contributed by atoms with E-state index in [2.05, 4.69) is 15.5 Å². The molecule has 22 heavy (non-hydrogen) atoms. The largest absolute Gasteiger partial charge is 0.296 e. The fourth-order valence-corrected chi connectivity index (χ4v) is 2.88. The molecule has 114 valence electrons. The van der Waals surface area contributed by atoms with Gasteiger partial charge in [-0.15, -0.1) is 0 Å². The monoisotopic (exact) mass is 340 g/mol. The van der Waals surface area contributed by atoms with Gasteiger partial charge in [0.1, 0.15) is 28.5 Å². The number of hydrogen-bond acceptors (Lipinski definition) is 6. The van der Waals surface area contributed by atoms with E-state index < -0.39 is 29.6 Å². The zero-order valence-electron chi connectivity index (χ0n) is 11.3. The van der Waals surface area contributed by atoms with Crippen LogP contribution in [0.4, 0.5) is 0 Å². The molecule has 0 saturated carbocycles. The second-order valence-corrected chi connectivity index (χ2v) is 5.59. The number of likely N-dealkylation sites (tertiary alicyclic amines) is 1. The lowest BCUT2D eigenvalue weighted by atomic mass is 9.94. The van der Waals surface area contributed by atoms with Crippen LogP contribution in [0.25, 0.3) is 0 Å². The Morgan fingerprint density at radius 3 is 2.73 bits per heavy atom. The molecule has 0 spiro atoms. The fourth-order valence-electron chi connectivity index (χ4n) is 2.55. The predicted molar refractivity (Wildman–Crippen MR) is 78.8 cm³/mol. The van der Waals surface area contributed by atoms with Crippen molar-refractivity contribution in [2.24, 2.45) is 11.0 Å². The number of imide groups is 1. The number of fused-ring (bicyclic) bond motifs is 1. The third-order valence-corrected chi connectivity index (χ3v) is 4.11. The molecule has 0 aromatic carbocycles. The van der Waals surface area contributed by atoms with Crippen molar-refractivity contribution < 1.29 is 14.4 Å². The van der Waals surface area contributed by atoms with Gasteiger partial charge in [0.05, 0.1) is 5.02 Å². The molecule has 9 heteroatoms. The zero-order chi connectivity index (χ0) is 16.0. The van der Waals surface area contributed by atoms with Gasteiger partial charge in [0.2, 0.25) is 11.7 Å². The maximum atomic E-state index is 12.6. The summed E-state index contributed by atoms with van der Waals surface area (Å²) in [6.07, 6.45) is 0. The first-order valence-corrected chi connectivity index (χ1v) is 7.26. The third kappa shape index (κ3) is 2.08. The van der Waals surface area contributed by atoms with Crippen molar-refractivity contribution in [2.45, 2.75) is 13.0 Å². The van der Waals surface area contributed by atoms with Gasteiger partial charge in [-0.1, -0.05) is 23.2 Å². The number of rotatable bonds is 3. The van der Waals surface area contributed by atoms with Crippen LogP contribution in [0.2, 0.25) is 10.2 Å². The second-order valence-electron chi connectivity index (χ2n) is 4.80. The average molecular weight is 341 g/mol. The molecule has 7 nitrogen and oxygen atoms in total. The lowest BCUT2D eigenvalue weighted by Gasteiger charge is -2.12. The minimum atomic E-state index is -0.947. The Kier molecular flexibility index (Phi) is 3.62. The van der Waals surface area contributed by atoms with Crippen LogP contribution in [0.5, 0.6) is 0 Å². The van der Waals surface area contributed by atoms with Crippen LogP contribution in [-0.4, -0.2) is 45.8 Å². The van der Waals surface area contributed by atoms with Crippen molar-refractivity contribution in [1.82, 2.24) is 15.3 Å². The molecule has 1 saturated heterocycles. The normalized spacial score (nSPS) is 23.4. The molecule has 2 aliphatic heterocycles. The number of Topliss-reactive ketones (excluding diaryl/α,β-unsaturated/α-hetero) is 1. The Hall–Kier alpha value is -1.99. The molecule has 2 atom stereocenters. The van der Waals surface area contributed by atoms with Crippen molar-refractivity contribution >= 4 is 46.5 Å². The summed E-state index contributed by atoms with van der Waals surface area (Å²) in [5, 5.41) is 4.04. The summed E-state index contributed by atoms with van der Waals surface area (Å²) in [5.74, 6) is -2.41. The van der Waals surface area contributed by atoms with Gasteiger partial charge in [0, 0.05) is 6.54 Å². The van der Waals surface area contributed by atoms with E-state index in [1.807, 2.05) is 0 Å². The second kappa shape index (κ2) is 5.33. The fraction of sp³-hybridized carbons (Fsp3) is 0.308. The SMILES string of the molecule is CCN1C(=O)[C@@H]2C(C(=O)c3nc(Cl)ccc3Cl)=NN[C@@H]2C1=O. The standard InChI is InChI=1S/C13H10Cl2N4O3/c1-2-19-12(21)7-9(17-18-10(7)13(19)22)11(20)8-5(14)3-4-6(15)16-8/h3-4,7,10,18H,2H2,1H3/t7-,10+/m1/s1. The molecular weight excluding hydrogens is 331 g/mol. The molecule has 2 aliphatic rings. The van der Waals surface area contributed by atoms with Crippen LogP contribution in [0.3, 0.4) is 0 Å². The first-order chi connectivity index (χ1) is 10.5. The highest BCUT2D eigenvalue weighted by Gasteiger charge is 2.54. The summed E-state index contributed by atoms with van der Waals surface area (Å²) in [6.45, 7) is 1.93. The molecule has 1 aromatic heterocycles. The smallest absolute Gasteiger partial charge is 0.254 e. The van der Waals surface area contributed by atoms with Crippen molar-refractivity contribution in [3.05, 3.63) is 28.0 Å². The van der Waals surface area contributed by atoms with Gasteiger partial charge >= 0.3 is 0 Å². The van der Waals surface area contributed by atoms with E-state index in [1.165, 1.54) is 12.1 Å². The van der Waals surface area contributed by atoms with E-state index in [9.17, 15) is 14.4 Å². The molecule has 1 fully saturated rings. The number of nitrogens with one attached hydrogen (secondary N) is 1. The van der Waals surface area contributed by atoms with Crippen LogP contribution in [0.1, 0.15) is 17.4 Å². The van der Waals surface area contributed by atoms with Gasteiger partial charge < -0.3 is 0 Å². The Labute approximate surface area is 135 Å². The van der Waals surface area contributed by atoms with Gasteiger partial charge in [-0.25, -0.2) is 4.98 Å². The number of carbonyl (C=O) groups excluding carboxylic acids is 3. The average Bonchev–Trinajstić information content (AvgIpc) is 3.02. The number of likely N-dealkylation sites (N-methyl/N-ethyl adjacent to an activating group) is 1. The molecule has 0 bridgehead atoms. The summed E-state index contributed by atoms with van der Waals surface area (Å²) in [4.78, 5) is 41.9. The lowest BCUT2D eigenvalue weighted by molar-refractivity contribution is -0.139. The molecule has 1 N–H and O–H groups in total. The molecule has 1 aromatic rings. The number of hydrogen-bond donors (Lipinski definition) is 1. The Bertz CT molecular complexity index is 734. The van der Waals surface area contributed by atoms with Gasteiger partial charge in [0.15, 0.2) is 0 Å². The number of hydrazone groups is 1. The third-order valence-electron chi connectivity index (χ3n) is 3.59. The highest BCUT2D eigenvalue weighted by atomic mass is 35.5. The summed E-state index contributed by atoms with van der Waals surface area (Å²) >= 11 is 11.7. The highest BCUT2D eigenvalue weighted by molar-refractivity contribution is 6.53. The quantitative estimate of drug-likeness (QED) is 0.501. The van der Waals surface area contributed by atoms with Gasteiger partial charge in [-0.05, 0) is 19.1 Å². The molecule has 0 aliphatic carbocycles. The molecular formula is C13H10Cl2N4O3. The number of halogens is 2. The highest BCUT2D eigenvalue weighted by Crippen LogP contribution is 2.28. The Balaban J connectivity index is 1.97. The first-order valence-electron chi connectivity index (χ1n) is 6.50. The van der Waals surface area contributed by atoms with Gasteiger partial charge in [-0.3, -0.25) is 24.7 Å². The number of nitrogens with zero attached hydrogens (tertiary/aromatic N) is 3. The summed E-state index contributed by atoms with van der Waals surface area (Å²) in [6, 6.07) is 2.04.